The number of nitrogens with one attached hydrogen (secondary N) is 1. The Bertz CT molecular complexity index is 672. The van der Waals surface area contributed by atoms with Crippen LogP contribution in [0.25, 0.3) is 0 Å². The molecule has 0 radical (unpaired) electrons. The second-order valence-electron chi connectivity index (χ2n) is 4.71. The van der Waals surface area contributed by atoms with Gasteiger partial charge in [-0.1, -0.05) is 12.1 Å². The average molecular weight is 359 g/mol. The van der Waals surface area contributed by atoms with E-state index in [2.05, 4.69) is 5.32 Å². The van der Waals surface area contributed by atoms with Crippen LogP contribution in [0.15, 0.2) is 48.5 Å². The first kappa shape index (κ1) is 18.1. The standard InChI is InChI=1S/C16H13F4NO2S/c17-12-3-7-14(8-4-12)23-13-5-1-11(2-6-13)9-21-15(22)10-24-16(18,19)20/h1-8H,9-10H2,(H,21,22). The molecular formula is C16H13F4NO2S. The Morgan fingerprint density at radius 3 is 2.08 bits per heavy atom. The molecule has 3 nitrogen and oxygen atoms in total. The van der Waals surface area contributed by atoms with Crippen molar-refractivity contribution in [3.8, 4) is 11.5 Å². The van der Waals surface area contributed by atoms with Crippen LogP contribution >= 0.6 is 11.8 Å². The Kier molecular flexibility index (Phi) is 6.08. The monoisotopic (exact) mass is 359 g/mol. The first-order chi connectivity index (χ1) is 11.3. The molecule has 1 N–H and O–H groups in total. The predicted molar refractivity (Wildman–Crippen MR) is 83.3 cm³/mol. The molecule has 0 unspecified atom stereocenters. The fourth-order valence-corrected chi connectivity index (χ4v) is 2.11. The number of ether oxygens (including phenoxy) is 1. The van der Waals surface area contributed by atoms with Gasteiger partial charge >= 0.3 is 5.51 Å². The number of halogens is 4. The second-order valence-corrected chi connectivity index (χ2v) is 5.75. The third-order valence-electron chi connectivity index (χ3n) is 2.83. The highest BCUT2D eigenvalue weighted by atomic mass is 32.2. The zero-order valence-electron chi connectivity index (χ0n) is 12.3. The molecule has 128 valence electrons. The third kappa shape index (κ3) is 6.49. The molecule has 0 heterocycles. The molecule has 0 aromatic heterocycles. The maximum atomic E-state index is 12.8. The zero-order chi connectivity index (χ0) is 17.6. The van der Waals surface area contributed by atoms with E-state index in [4.69, 9.17) is 4.74 Å². The number of carbonyl (C=O) groups is 1. The molecule has 0 saturated carbocycles. The van der Waals surface area contributed by atoms with Crippen LogP contribution in [0, 0.1) is 5.82 Å². The Morgan fingerprint density at radius 1 is 1.00 bits per heavy atom. The van der Waals surface area contributed by atoms with Crippen LogP contribution in [0.5, 0.6) is 11.5 Å². The van der Waals surface area contributed by atoms with E-state index in [0.29, 0.717) is 17.1 Å². The number of hydrogen-bond acceptors (Lipinski definition) is 3. The van der Waals surface area contributed by atoms with Crippen molar-refractivity contribution in [3.63, 3.8) is 0 Å². The van der Waals surface area contributed by atoms with Gasteiger partial charge in [0.1, 0.15) is 17.3 Å². The summed E-state index contributed by atoms with van der Waals surface area (Å²) in [6, 6.07) is 12.2. The van der Waals surface area contributed by atoms with Gasteiger partial charge in [-0.25, -0.2) is 4.39 Å². The van der Waals surface area contributed by atoms with E-state index < -0.39 is 17.2 Å². The molecule has 2 aromatic rings. The van der Waals surface area contributed by atoms with Gasteiger partial charge in [0, 0.05) is 6.54 Å². The Hall–Kier alpha value is -2.22. The van der Waals surface area contributed by atoms with Gasteiger partial charge in [-0.2, -0.15) is 13.2 Å². The summed E-state index contributed by atoms with van der Waals surface area (Å²) < 4.78 is 54.2. The minimum absolute atomic E-state index is 0.119. The predicted octanol–water partition coefficient (Wildman–Crippen LogP) is 4.49. The average Bonchev–Trinajstić information content (AvgIpc) is 2.54. The molecule has 0 bridgehead atoms. The number of thioether (sulfide) groups is 1. The topological polar surface area (TPSA) is 38.3 Å². The van der Waals surface area contributed by atoms with Crippen molar-refractivity contribution >= 4 is 17.7 Å². The number of benzene rings is 2. The van der Waals surface area contributed by atoms with E-state index in [1.807, 2.05) is 0 Å². The molecule has 1 amide bonds. The second kappa shape index (κ2) is 8.05. The molecule has 0 aliphatic heterocycles. The van der Waals surface area contributed by atoms with Gasteiger partial charge in [-0.3, -0.25) is 4.79 Å². The molecule has 0 spiro atoms. The van der Waals surface area contributed by atoms with Crippen LogP contribution in [0.3, 0.4) is 0 Å². The van der Waals surface area contributed by atoms with Gasteiger partial charge in [0.2, 0.25) is 5.91 Å². The Morgan fingerprint density at radius 2 is 1.54 bits per heavy atom. The van der Waals surface area contributed by atoms with E-state index in [9.17, 15) is 22.4 Å². The largest absolute Gasteiger partial charge is 0.457 e. The summed E-state index contributed by atoms with van der Waals surface area (Å²) in [6.45, 7) is 0.119. The van der Waals surface area contributed by atoms with E-state index in [0.717, 1.165) is 0 Å². The van der Waals surface area contributed by atoms with Crippen molar-refractivity contribution < 1.29 is 27.1 Å². The van der Waals surface area contributed by atoms with Crippen LogP contribution in [-0.4, -0.2) is 17.2 Å². The number of alkyl halides is 3. The third-order valence-corrected chi connectivity index (χ3v) is 3.56. The van der Waals surface area contributed by atoms with Gasteiger partial charge in [0.05, 0.1) is 5.75 Å². The maximum absolute atomic E-state index is 12.8. The van der Waals surface area contributed by atoms with E-state index in [1.54, 1.807) is 24.3 Å². The van der Waals surface area contributed by atoms with Crippen molar-refractivity contribution in [2.24, 2.45) is 0 Å². The quantitative estimate of drug-likeness (QED) is 0.773. The summed E-state index contributed by atoms with van der Waals surface area (Å²) in [5, 5.41) is 2.40. The number of rotatable bonds is 6. The summed E-state index contributed by atoms with van der Waals surface area (Å²) >= 11 is -0.377. The van der Waals surface area contributed by atoms with Crippen molar-refractivity contribution in [2.45, 2.75) is 12.1 Å². The fourth-order valence-electron chi connectivity index (χ4n) is 1.71. The number of carbonyl (C=O) groups excluding carboxylic acids is 1. The fraction of sp³-hybridized carbons (Fsp3) is 0.188. The van der Waals surface area contributed by atoms with Gasteiger partial charge < -0.3 is 10.1 Å². The van der Waals surface area contributed by atoms with Crippen LogP contribution in [-0.2, 0) is 11.3 Å². The van der Waals surface area contributed by atoms with Gasteiger partial charge in [0.15, 0.2) is 0 Å². The normalized spacial score (nSPS) is 11.2. The van der Waals surface area contributed by atoms with Crippen LogP contribution < -0.4 is 10.1 Å². The van der Waals surface area contributed by atoms with Crippen molar-refractivity contribution in [2.75, 3.05) is 5.75 Å². The maximum Gasteiger partial charge on any atom is 0.442 e. The van der Waals surface area contributed by atoms with Gasteiger partial charge in [-0.05, 0) is 53.7 Å². The van der Waals surface area contributed by atoms with Crippen LogP contribution in [0.4, 0.5) is 17.6 Å². The SMILES string of the molecule is O=C(CSC(F)(F)F)NCc1ccc(Oc2ccc(F)cc2)cc1. The molecule has 0 aliphatic rings. The highest BCUT2D eigenvalue weighted by molar-refractivity contribution is 8.00. The highest BCUT2D eigenvalue weighted by Gasteiger charge is 2.29. The highest BCUT2D eigenvalue weighted by Crippen LogP contribution is 2.29. The Labute approximate surface area is 140 Å². The van der Waals surface area contributed by atoms with Crippen LogP contribution in [0.1, 0.15) is 5.56 Å². The molecule has 2 rings (SSSR count). The molecular weight excluding hydrogens is 346 g/mol. The minimum atomic E-state index is -4.42. The van der Waals surface area contributed by atoms with E-state index >= 15 is 0 Å². The first-order valence-electron chi connectivity index (χ1n) is 6.81. The number of amides is 1. The number of hydrogen-bond donors (Lipinski definition) is 1. The lowest BCUT2D eigenvalue weighted by molar-refractivity contribution is -0.119. The van der Waals surface area contributed by atoms with E-state index in [1.165, 1.54) is 24.3 Å². The summed E-state index contributed by atoms with van der Waals surface area (Å²) in [5.74, 6) is -0.734. The lowest BCUT2D eigenvalue weighted by Gasteiger charge is -2.09. The molecule has 0 fully saturated rings. The zero-order valence-corrected chi connectivity index (χ0v) is 13.1. The van der Waals surface area contributed by atoms with Crippen molar-refractivity contribution in [1.82, 2.24) is 5.32 Å². The molecule has 0 aliphatic carbocycles. The smallest absolute Gasteiger partial charge is 0.442 e. The Balaban J connectivity index is 1.81. The van der Waals surface area contributed by atoms with Crippen molar-refractivity contribution in [1.29, 1.82) is 0 Å². The minimum Gasteiger partial charge on any atom is -0.457 e. The summed E-state index contributed by atoms with van der Waals surface area (Å²) in [4.78, 5) is 11.3. The van der Waals surface area contributed by atoms with E-state index in [-0.39, 0.29) is 24.1 Å². The summed E-state index contributed by atoms with van der Waals surface area (Å²) in [5.41, 5.74) is -3.71. The van der Waals surface area contributed by atoms with Gasteiger partial charge in [0.25, 0.3) is 0 Å². The molecule has 24 heavy (non-hydrogen) atoms. The summed E-state index contributed by atoms with van der Waals surface area (Å²) in [7, 11) is 0. The molecule has 0 atom stereocenters. The summed E-state index contributed by atoms with van der Waals surface area (Å²) in [6.07, 6.45) is 0. The molecule has 0 saturated heterocycles. The molecule has 2 aromatic carbocycles. The lowest BCUT2D eigenvalue weighted by Crippen LogP contribution is -2.25. The van der Waals surface area contributed by atoms with Crippen molar-refractivity contribution in [3.05, 3.63) is 59.9 Å². The van der Waals surface area contributed by atoms with Gasteiger partial charge in [-0.15, -0.1) is 0 Å². The molecule has 8 heteroatoms. The lowest BCUT2D eigenvalue weighted by atomic mass is 10.2. The van der Waals surface area contributed by atoms with Crippen LogP contribution in [0.2, 0.25) is 0 Å². The first-order valence-corrected chi connectivity index (χ1v) is 7.80.